The summed E-state index contributed by atoms with van der Waals surface area (Å²) in [4.78, 5) is 29.6. The number of hydrogen-bond acceptors (Lipinski definition) is 8. The molecule has 254 valence electrons. The third-order valence-electron chi connectivity index (χ3n) is 9.18. The number of benzene rings is 2. The van der Waals surface area contributed by atoms with Crippen LogP contribution in [0, 0.1) is 0 Å². The highest BCUT2D eigenvalue weighted by Crippen LogP contribution is 2.42. The maximum absolute atomic E-state index is 13.3. The molecule has 2 saturated heterocycles. The quantitative estimate of drug-likeness (QED) is 0.166. The molecule has 3 N–H and O–H groups in total. The van der Waals surface area contributed by atoms with Gasteiger partial charge in [0.05, 0.1) is 35.5 Å². The summed E-state index contributed by atoms with van der Waals surface area (Å²) in [6.07, 6.45) is 4.48. The number of nitrogens with zero attached hydrogens (tertiary/aromatic N) is 4. The van der Waals surface area contributed by atoms with Gasteiger partial charge in [0.1, 0.15) is 11.3 Å². The van der Waals surface area contributed by atoms with Gasteiger partial charge in [-0.25, -0.2) is 9.50 Å². The zero-order chi connectivity index (χ0) is 34.1. The maximum atomic E-state index is 13.3. The Morgan fingerprint density at radius 3 is 2.37 bits per heavy atom. The first-order valence-corrected chi connectivity index (χ1v) is 17.1. The molecule has 2 aliphatic heterocycles. The van der Waals surface area contributed by atoms with Crippen LogP contribution < -0.4 is 26.2 Å². The van der Waals surface area contributed by atoms with Crippen LogP contribution in [0.3, 0.4) is 0 Å². The van der Waals surface area contributed by atoms with Crippen molar-refractivity contribution in [3.8, 4) is 39.4 Å². The van der Waals surface area contributed by atoms with Crippen LogP contribution in [0.1, 0.15) is 30.7 Å². The van der Waals surface area contributed by atoms with Crippen LogP contribution in [-0.2, 0) is 29.7 Å². The summed E-state index contributed by atoms with van der Waals surface area (Å²) in [6, 6.07) is 17.4. The monoisotopic (exact) mass is 701 g/mol. The van der Waals surface area contributed by atoms with Gasteiger partial charge in [0.25, 0.3) is 5.56 Å². The lowest BCUT2D eigenvalue weighted by Gasteiger charge is -2.26. The van der Waals surface area contributed by atoms with E-state index in [1.54, 1.807) is 23.2 Å². The average molecular weight is 703 g/mol. The van der Waals surface area contributed by atoms with Crippen LogP contribution in [-0.4, -0.2) is 64.0 Å². The van der Waals surface area contributed by atoms with Crippen molar-refractivity contribution in [3.63, 3.8) is 0 Å². The third-order valence-corrected chi connectivity index (χ3v) is 10.00. The lowest BCUT2D eigenvalue weighted by atomic mass is 9.97. The lowest BCUT2D eigenvalue weighted by molar-refractivity contribution is -0.119. The minimum atomic E-state index is -0.145. The molecule has 7 rings (SSSR count). The lowest BCUT2D eigenvalue weighted by Crippen LogP contribution is -2.38. The highest BCUT2D eigenvalue weighted by atomic mass is 35.5. The Bertz CT molecular complexity index is 2090. The van der Waals surface area contributed by atoms with Gasteiger partial charge in [0.15, 0.2) is 0 Å². The highest BCUT2D eigenvalue weighted by Gasteiger charge is 2.22. The van der Waals surface area contributed by atoms with Gasteiger partial charge < -0.3 is 25.4 Å². The van der Waals surface area contributed by atoms with E-state index in [0.717, 1.165) is 52.8 Å². The van der Waals surface area contributed by atoms with E-state index < -0.39 is 0 Å². The standard InChI is InChI=1S/C36H37Cl2N7O4/c1-44-31(19-40-18-24-13-14-49-24)43-45-20-22(15-30(45)36(44)47)25-5-3-6-26(33(25)37)27-7-4-8-28(34(27)38)29-11-9-21(35(42-29)48-2)16-39-17-23-10-12-32(46)41-23/h3-9,11,15,20,23-24,39-40H,10,12-14,16-19H2,1-2H3,(H,41,46)/t23-,24+/m1/s1. The van der Waals surface area contributed by atoms with Crippen molar-refractivity contribution in [2.24, 2.45) is 7.05 Å². The molecule has 5 aromatic rings. The van der Waals surface area contributed by atoms with E-state index in [2.05, 4.69) is 16.0 Å². The Labute approximate surface area is 293 Å². The first-order valence-electron chi connectivity index (χ1n) is 16.3. The van der Waals surface area contributed by atoms with E-state index >= 15 is 0 Å². The van der Waals surface area contributed by atoms with Crippen molar-refractivity contribution in [1.82, 2.24) is 35.1 Å². The number of rotatable bonds is 12. The predicted molar refractivity (Wildman–Crippen MR) is 190 cm³/mol. The zero-order valence-electron chi connectivity index (χ0n) is 27.3. The van der Waals surface area contributed by atoms with Crippen molar-refractivity contribution in [2.75, 3.05) is 26.8 Å². The number of pyridine rings is 1. The van der Waals surface area contributed by atoms with Crippen molar-refractivity contribution in [2.45, 2.75) is 44.5 Å². The van der Waals surface area contributed by atoms with E-state index in [9.17, 15) is 9.59 Å². The molecule has 13 heteroatoms. The third kappa shape index (κ3) is 6.82. The molecule has 5 heterocycles. The maximum Gasteiger partial charge on any atom is 0.277 e. The summed E-state index contributed by atoms with van der Waals surface area (Å²) in [7, 11) is 3.32. The van der Waals surface area contributed by atoms with Gasteiger partial charge in [-0.2, -0.15) is 5.10 Å². The summed E-state index contributed by atoms with van der Waals surface area (Å²) in [5.74, 6) is 1.21. The second-order valence-corrected chi connectivity index (χ2v) is 13.1. The summed E-state index contributed by atoms with van der Waals surface area (Å²) < 4.78 is 14.3. The fourth-order valence-corrected chi connectivity index (χ4v) is 6.97. The van der Waals surface area contributed by atoms with E-state index in [0.29, 0.717) is 65.6 Å². The van der Waals surface area contributed by atoms with E-state index in [1.807, 2.05) is 60.8 Å². The van der Waals surface area contributed by atoms with Gasteiger partial charge in [-0.1, -0.05) is 65.7 Å². The van der Waals surface area contributed by atoms with Gasteiger partial charge >= 0.3 is 0 Å². The molecule has 0 unspecified atom stereocenters. The minimum absolute atomic E-state index is 0.0957. The summed E-state index contributed by atoms with van der Waals surface area (Å²) >= 11 is 14.2. The largest absolute Gasteiger partial charge is 0.481 e. The minimum Gasteiger partial charge on any atom is -0.481 e. The molecule has 49 heavy (non-hydrogen) atoms. The number of halogens is 2. The molecule has 0 radical (unpaired) electrons. The van der Waals surface area contributed by atoms with E-state index in [-0.39, 0.29) is 23.6 Å². The topological polar surface area (TPSA) is 124 Å². The summed E-state index contributed by atoms with van der Waals surface area (Å²) in [6.45, 7) is 3.18. The van der Waals surface area contributed by atoms with E-state index in [1.165, 1.54) is 0 Å². The molecule has 2 aliphatic rings. The first-order chi connectivity index (χ1) is 23.8. The molecule has 0 spiro atoms. The van der Waals surface area contributed by atoms with Crippen LogP contribution in [0.2, 0.25) is 10.0 Å². The number of carbonyl (C=O) groups is 1. The molecule has 1 amide bonds. The van der Waals surface area contributed by atoms with Crippen LogP contribution >= 0.6 is 23.2 Å². The second-order valence-electron chi connectivity index (χ2n) is 12.4. The molecule has 2 fully saturated rings. The van der Waals surface area contributed by atoms with Crippen LogP contribution in [0.25, 0.3) is 39.0 Å². The van der Waals surface area contributed by atoms with Gasteiger partial charge in [-0.05, 0) is 25.0 Å². The highest BCUT2D eigenvalue weighted by molar-refractivity contribution is 6.39. The van der Waals surface area contributed by atoms with Crippen molar-refractivity contribution < 1.29 is 14.3 Å². The predicted octanol–water partition coefficient (Wildman–Crippen LogP) is 4.99. The van der Waals surface area contributed by atoms with Crippen LogP contribution in [0.15, 0.2) is 65.6 Å². The zero-order valence-corrected chi connectivity index (χ0v) is 28.8. The number of hydrogen-bond donors (Lipinski definition) is 3. The molecule has 2 aromatic carbocycles. The molecular formula is C36H37Cl2N7O4. The molecular weight excluding hydrogens is 665 g/mol. The van der Waals surface area contributed by atoms with Gasteiger partial charge in [0, 0.05) is 85.3 Å². The van der Waals surface area contributed by atoms with Crippen molar-refractivity contribution in [3.05, 3.63) is 92.6 Å². The number of nitrogens with one attached hydrogen (secondary N) is 3. The summed E-state index contributed by atoms with van der Waals surface area (Å²) in [5, 5.41) is 15.4. The molecule has 0 bridgehead atoms. The average Bonchev–Trinajstić information content (AvgIpc) is 3.71. The Balaban J connectivity index is 1.14. The number of methoxy groups -OCH3 is 1. The van der Waals surface area contributed by atoms with Gasteiger partial charge in [0.2, 0.25) is 11.8 Å². The van der Waals surface area contributed by atoms with Gasteiger partial charge in [-0.15, -0.1) is 0 Å². The molecule has 0 saturated carbocycles. The number of amides is 1. The first kappa shape index (κ1) is 33.2. The van der Waals surface area contributed by atoms with Gasteiger partial charge in [-0.3, -0.25) is 14.2 Å². The Morgan fingerprint density at radius 1 is 0.959 bits per heavy atom. The molecule has 11 nitrogen and oxygen atoms in total. The fourth-order valence-electron chi connectivity index (χ4n) is 6.31. The number of fused-ring (bicyclic) bond motifs is 1. The SMILES string of the molecule is COc1nc(-c2cccc(-c3cccc(-c4cc5c(=O)n(C)c(CNC[C@@H]6CCO6)nn5c4)c3Cl)c2Cl)ccc1CNC[C@H]1CCC(=O)N1. The van der Waals surface area contributed by atoms with Crippen LogP contribution in [0.5, 0.6) is 5.88 Å². The number of aromatic nitrogens is 4. The Kier molecular flexibility index (Phi) is 9.71. The fraction of sp³-hybridized carbons (Fsp3) is 0.333. The van der Waals surface area contributed by atoms with E-state index in [4.69, 9.17) is 42.8 Å². The normalized spacial score (nSPS) is 17.3. The summed E-state index contributed by atoms with van der Waals surface area (Å²) in [5.41, 5.74) is 5.62. The molecule has 2 atom stereocenters. The Hall–Kier alpha value is -4.26. The molecule has 3 aromatic heterocycles. The van der Waals surface area contributed by atoms with Crippen LogP contribution in [0.4, 0.5) is 0 Å². The van der Waals surface area contributed by atoms with Crippen molar-refractivity contribution >= 4 is 34.6 Å². The van der Waals surface area contributed by atoms with Crippen molar-refractivity contribution in [1.29, 1.82) is 0 Å². The second kappa shape index (κ2) is 14.3. The number of carbonyl (C=O) groups excluding carboxylic acids is 1. The smallest absolute Gasteiger partial charge is 0.277 e. The molecule has 0 aliphatic carbocycles. The number of ether oxygens (including phenoxy) is 2. The Morgan fingerprint density at radius 2 is 1.67 bits per heavy atom.